The number of amides is 1. The fourth-order valence-electron chi connectivity index (χ4n) is 1.11. The lowest BCUT2D eigenvalue weighted by Crippen LogP contribution is -2.36. The minimum Gasteiger partial charge on any atom is -0.372 e. The third-order valence-corrected chi connectivity index (χ3v) is 3.62. The third kappa shape index (κ3) is 8.04. The highest BCUT2D eigenvalue weighted by Gasteiger charge is 2.44. The molecule has 0 atom stereocenters. The molecule has 1 N–H and O–H groups in total. The standard InChI is InChI=1S/C10H18F3NO4S/c1-2-3-4-6-18-8-9(15)14-5-7-19(16,17)10(11,12)13/h2-8H2,1H3,(H,14,15). The second kappa shape index (κ2) is 8.36. The van der Waals surface area contributed by atoms with Gasteiger partial charge in [-0.15, -0.1) is 0 Å². The van der Waals surface area contributed by atoms with Gasteiger partial charge in [-0.1, -0.05) is 19.8 Å². The lowest BCUT2D eigenvalue weighted by atomic mass is 10.3. The van der Waals surface area contributed by atoms with Gasteiger partial charge in [-0.3, -0.25) is 4.79 Å². The molecule has 0 spiro atoms. The number of hydrogen-bond acceptors (Lipinski definition) is 4. The van der Waals surface area contributed by atoms with Crippen LogP contribution in [0.5, 0.6) is 0 Å². The van der Waals surface area contributed by atoms with Crippen molar-refractivity contribution in [2.75, 3.05) is 25.5 Å². The number of carbonyl (C=O) groups excluding carboxylic acids is 1. The summed E-state index contributed by atoms with van der Waals surface area (Å²) in [5.41, 5.74) is -5.28. The molecule has 0 aromatic carbocycles. The summed E-state index contributed by atoms with van der Waals surface area (Å²) in [5, 5.41) is 2.06. The first kappa shape index (κ1) is 18.2. The molecule has 0 radical (unpaired) electrons. The highest BCUT2D eigenvalue weighted by molar-refractivity contribution is 7.92. The van der Waals surface area contributed by atoms with E-state index in [1.165, 1.54) is 0 Å². The Balaban J connectivity index is 3.76. The Morgan fingerprint density at radius 2 is 1.89 bits per heavy atom. The van der Waals surface area contributed by atoms with E-state index >= 15 is 0 Å². The second-order valence-electron chi connectivity index (χ2n) is 3.87. The highest BCUT2D eigenvalue weighted by Crippen LogP contribution is 2.23. The van der Waals surface area contributed by atoms with Crippen molar-refractivity contribution < 1.29 is 31.1 Å². The number of halogens is 3. The van der Waals surface area contributed by atoms with Crippen molar-refractivity contribution in [3.8, 4) is 0 Å². The first-order valence-electron chi connectivity index (χ1n) is 5.84. The number of alkyl halides is 3. The summed E-state index contributed by atoms with van der Waals surface area (Å²) in [6.07, 6.45) is 2.77. The fourth-order valence-corrected chi connectivity index (χ4v) is 1.71. The van der Waals surface area contributed by atoms with Crippen LogP contribution in [0.2, 0.25) is 0 Å². The zero-order valence-corrected chi connectivity index (χ0v) is 11.4. The summed E-state index contributed by atoms with van der Waals surface area (Å²) in [5.74, 6) is -1.80. The quantitative estimate of drug-likeness (QED) is 0.651. The molecule has 0 bridgehead atoms. The van der Waals surface area contributed by atoms with Gasteiger partial charge in [-0.2, -0.15) is 13.2 Å². The molecule has 0 aromatic heterocycles. The Bertz CT molecular complexity index is 367. The SMILES string of the molecule is CCCCCOCC(=O)NCCS(=O)(=O)C(F)(F)F. The van der Waals surface area contributed by atoms with Crippen LogP contribution in [0.15, 0.2) is 0 Å². The Morgan fingerprint density at radius 3 is 2.42 bits per heavy atom. The molecule has 0 aliphatic rings. The van der Waals surface area contributed by atoms with Gasteiger partial charge in [0.05, 0.1) is 5.75 Å². The van der Waals surface area contributed by atoms with Crippen LogP contribution < -0.4 is 5.32 Å². The van der Waals surface area contributed by atoms with Crippen molar-refractivity contribution in [3.63, 3.8) is 0 Å². The van der Waals surface area contributed by atoms with E-state index in [0.717, 1.165) is 19.3 Å². The largest absolute Gasteiger partial charge is 0.497 e. The molecule has 0 saturated carbocycles. The van der Waals surface area contributed by atoms with E-state index in [-0.39, 0.29) is 6.61 Å². The maximum Gasteiger partial charge on any atom is 0.497 e. The zero-order valence-electron chi connectivity index (χ0n) is 10.6. The van der Waals surface area contributed by atoms with Crippen molar-refractivity contribution >= 4 is 15.7 Å². The fraction of sp³-hybridized carbons (Fsp3) is 0.900. The van der Waals surface area contributed by atoms with Crippen LogP contribution in [0.3, 0.4) is 0 Å². The zero-order chi connectivity index (χ0) is 14.9. The maximum absolute atomic E-state index is 12.0. The van der Waals surface area contributed by atoms with E-state index in [4.69, 9.17) is 4.74 Å². The predicted molar refractivity (Wildman–Crippen MR) is 63.2 cm³/mol. The first-order chi connectivity index (χ1) is 8.70. The van der Waals surface area contributed by atoms with Gasteiger partial charge in [0.15, 0.2) is 0 Å². The van der Waals surface area contributed by atoms with Gasteiger partial charge in [0, 0.05) is 13.2 Å². The third-order valence-electron chi connectivity index (χ3n) is 2.17. The smallest absolute Gasteiger partial charge is 0.372 e. The van der Waals surface area contributed by atoms with Crippen LogP contribution in [-0.2, 0) is 19.4 Å². The Kier molecular flexibility index (Phi) is 8.00. The van der Waals surface area contributed by atoms with Crippen molar-refractivity contribution in [1.29, 1.82) is 0 Å². The van der Waals surface area contributed by atoms with Gasteiger partial charge >= 0.3 is 5.51 Å². The van der Waals surface area contributed by atoms with Crippen LogP contribution in [-0.4, -0.2) is 45.3 Å². The lowest BCUT2D eigenvalue weighted by molar-refractivity contribution is -0.125. The van der Waals surface area contributed by atoms with Gasteiger partial charge < -0.3 is 10.1 Å². The van der Waals surface area contributed by atoms with E-state index in [2.05, 4.69) is 5.32 Å². The molecule has 114 valence electrons. The van der Waals surface area contributed by atoms with Crippen LogP contribution >= 0.6 is 0 Å². The summed E-state index contributed by atoms with van der Waals surface area (Å²) in [6, 6.07) is 0. The molecule has 0 heterocycles. The summed E-state index contributed by atoms with van der Waals surface area (Å²) in [7, 11) is -5.18. The molecule has 0 aliphatic carbocycles. The number of unbranched alkanes of at least 4 members (excludes halogenated alkanes) is 2. The Hall–Kier alpha value is -0.830. The van der Waals surface area contributed by atoms with E-state index in [1.807, 2.05) is 6.92 Å². The normalized spacial score (nSPS) is 12.4. The summed E-state index contributed by atoms with van der Waals surface area (Å²) in [4.78, 5) is 11.1. The van der Waals surface area contributed by atoms with Crippen molar-refractivity contribution in [2.45, 2.75) is 31.7 Å². The lowest BCUT2D eigenvalue weighted by Gasteiger charge is -2.09. The molecule has 0 unspecified atom stereocenters. The van der Waals surface area contributed by atoms with Crippen molar-refractivity contribution in [1.82, 2.24) is 5.32 Å². The monoisotopic (exact) mass is 305 g/mol. The van der Waals surface area contributed by atoms with Crippen molar-refractivity contribution in [3.05, 3.63) is 0 Å². The van der Waals surface area contributed by atoms with E-state index in [0.29, 0.717) is 6.61 Å². The molecule has 1 amide bonds. The van der Waals surface area contributed by atoms with Gasteiger partial charge in [-0.05, 0) is 6.42 Å². The van der Waals surface area contributed by atoms with Gasteiger partial charge in [0.2, 0.25) is 15.7 Å². The molecule has 0 rings (SSSR count). The molecular formula is C10H18F3NO4S. The minimum absolute atomic E-state index is 0.282. The number of ether oxygens (including phenoxy) is 1. The molecular weight excluding hydrogens is 287 g/mol. The molecule has 0 saturated heterocycles. The average molecular weight is 305 g/mol. The Morgan fingerprint density at radius 1 is 1.26 bits per heavy atom. The molecule has 0 aliphatic heterocycles. The summed E-state index contributed by atoms with van der Waals surface area (Å²) in [6.45, 7) is 1.53. The van der Waals surface area contributed by atoms with Crippen LogP contribution in [0.4, 0.5) is 13.2 Å². The number of nitrogens with one attached hydrogen (secondary N) is 1. The van der Waals surface area contributed by atoms with Crippen LogP contribution in [0.1, 0.15) is 26.2 Å². The summed E-state index contributed by atoms with van der Waals surface area (Å²) < 4.78 is 62.1. The minimum atomic E-state index is -5.28. The molecule has 0 aromatic rings. The topological polar surface area (TPSA) is 72.5 Å². The predicted octanol–water partition coefficient (Wildman–Crippen LogP) is 1.24. The van der Waals surface area contributed by atoms with Gasteiger partial charge in [0.25, 0.3) is 0 Å². The number of hydrogen-bond donors (Lipinski definition) is 1. The van der Waals surface area contributed by atoms with Crippen LogP contribution in [0, 0.1) is 0 Å². The maximum atomic E-state index is 12.0. The Labute approximate surface area is 110 Å². The van der Waals surface area contributed by atoms with E-state index in [9.17, 15) is 26.4 Å². The number of rotatable bonds is 9. The molecule has 5 nitrogen and oxygen atoms in total. The second-order valence-corrected chi connectivity index (χ2v) is 5.97. The summed E-state index contributed by atoms with van der Waals surface area (Å²) >= 11 is 0. The molecule has 19 heavy (non-hydrogen) atoms. The molecule has 9 heteroatoms. The van der Waals surface area contributed by atoms with Gasteiger partial charge in [0.1, 0.15) is 6.61 Å². The number of carbonyl (C=O) groups is 1. The highest BCUT2D eigenvalue weighted by atomic mass is 32.2. The number of sulfone groups is 1. The van der Waals surface area contributed by atoms with Gasteiger partial charge in [-0.25, -0.2) is 8.42 Å². The van der Waals surface area contributed by atoms with E-state index < -0.39 is 33.6 Å². The average Bonchev–Trinajstić information content (AvgIpc) is 2.27. The van der Waals surface area contributed by atoms with E-state index in [1.54, 1.807) is 0 Å². The first-order valence-corrected chi connectivity index (χ1v) is 7.49. The van der Waals surface area contributed by atoms with Crippen molar-refractivity contribution in [2.24, 2.45) is 0 Å². The molecule has 0 fully saturated rings. The van der Waals surface area contributed by atoms with Crippen LogP contribution in [0.25, 0.3) is 0 Å².